The smallest absolute Gasteiger partial charge is 1.00 e. The summed E-state index contributed by atoms with van der Waals surface area (Å²) in [5.74, 6) is 0. The number of benzene rings is 2. The van der Waals surface area contributed by atoms with Crippen molar-refractivity contribution in [2.75, 3.05) is 0 Å². The first-order chi connectivity index (χ1) is 10.7. The number of hydrogen-bond donors (Lipinski definition) is 0. The van der Waals surface area contributed by atoms with Gasteiger partial charge in [-0.25, -0.2) is 0 Å². The normalized spacial score (nSPS) is 24.6. The van der Waals surface area contributed by atoms with Gasteiger partial charge < -0.3 is 12.4 Å². The van der Waals surface area contributed by atoms with E-state index < -0.39 is 31.0 Å². The topological polar surface area (TPSA) is 0 Å². The Bertz CT molecular complexity index is 796. The van der Waals surface area contributed by atoms with Gasteiger partial charge in [-0.1, -0.05) is 0 Å². The van der Waals surface area contributed by atoms with Crippen molar-refractivity contribution in [3.8, 4) is 0 Å². The maximum absolute atomic E-state index is 2.58. The molecule has 2 aromatic carbocycles. The second-order valence-electron chi connectivity index (χ2n) is 7.23. The molecule has 3 heteroatoms. The third-order valence-corrected chi connectivity index (χ3v) is 14.1. The van der Waals surface area contributed by atoms with E-state index in [4.69, 9.17) is 0 Å². The monoisotopic (exact) mass is 366 g/mol. The van der Waals surface area contributed by atoms with Crippen LogP contribution in [0.15, 0.2) is 58.9 Å². The van der Waals surface area contributed by atoms with Crippen LogP contribution in [0.1, 0.15) is 29.6 Å². The summed E-state index contributed by atoms with van der Waals surface area (Å²) in [6.45, 7) is 5.16. The van der Waals surface area contributed by atoms with Gasteiger partial charge in [-0.05, 0) is 0 Å². The second kappa shape index (κ2) is 5.40. The molecular formula is C20H18ClScSi. The number of rotatable bonds is 0. The molecule has 0 radical (unpaired) electrons. The molecule has 0 aromatic heterocycles. The summed E-state index contributed by atoms with van der Waals surface area (Å²) in [4.78, 5) is 0. The van der Waals surface area contributed by atoms with E-state index >= 15 is 0 Å². The predicted octanol–water partition coefficient (Wildman–Crippen LogP) is 2.15. The Balaban J connectivity index is 0.00000135. The van der Waals surface area contributed by atoms with Crippen LogP contribution in [-0.2, 0) is 22.9 Å². The first-order valence-corrected chi connectivity index (χ1v) is 13.2. The van der Waals surface area contributed by atoms with Crippen LogP contribution >= 0.6 is 0 Å². The molecule has 1 heterocycles. The van der Waals surface area contributed by atoms with Gasteiger partial charge in [-0.2, -0.15) is 0 Å². The molecule has 2 unspecified atom stereocenters. The molecule has 0 amide bonds. The average Bonchev–Trinajstić information content (AvgIpc) is 3.08. The van der Waals surface area contributed by atoms with Gasteiger partial charge in [0.05, 0.1) is 0 Å². The van der Waals surface area contributed by atoms with E-state index in [1.54, 1.807) is 11.1 Å². The molecule has 0 spiro atoms. The van der Waals surface area contributed by atoms with E-state index in [2.05, 4.69) is 73.8 Å². The van der Waals surface area contributed by atoms with Crippen LogP contribution in [0.3, 0.4) is 0 Å². The van der Waals surface area contributed by atoms with E-state index in [-0.39, 0.29) is 12.4 Å². The zero-order chi connectivity index (χ0) is 14.9. The third-order valence-electron chi connectivity index (χ3n) is 5.78. The minimum atomic E-state index is -1.48. The van der Waals surface area contributed by atoms with Gasteiger partial charge >= 0.3 is 145 Å². The summed E-state index contributed by atoms with van der Waals surface area (Å²) in [5, 5.41) is 3.65. The summed E-state index contributed by atoms with van der Waals surface area (Å²) >= 11 is -0.407. The standard InChI is InChI=1S/C20H18Si.ClH.Sc/c1-21(2,19-11-15-7-3-4-8-16(15)12-19)20-13-17-9-5-6-10-18(17)14-20;;/h3-14H,1-2H3;1H;/q;;+1/p-1. The van der Waals surface area contributed by atoms with Crippen LogP contribution in [0.25, 0.3) is 12.2 Å². The predicted molar refractivity (Wildman–Crippen MR) is 91.8 cm³/mol. The van der Waals surface area contributed by atoms with E-state index in [1.165, 1.54) is 11.1 Å². The summed E-state index contributed by atoms with van der Waals surface area (Å²) in [6.07, 6.45) is 5.12. The van der Waals surface area contributed by atoms with Gasteiger partial charge in [-0.3, -0.25) is 0 Å². The van der Waals surface area contributed by atoms with Crippen molar-refractivity contribution in [2.24, 2.45) is 0 Å². The molecule has 0 nitrogen and oxygen atoms in total. The number of halogens is 1. The molecular weight excluding hydrogens is 349 g/mol. The maximum Gasteiger partial charge on any atom is -1.00 e. The molecule has 1 fully saturated rings. The molecule has 5 rings (SSSR count). The molecule has 0 N–H and O–H groups in total. The summed E-state index contributed by atoms with van der Waals surface area (Å²) < 4.78 is 1.63. The van der Waals surface area contributed by atoms with Gasteiger partial charge in [0, 0.05) is 0 Å². The van der Waals surface area contributed by atoms with Crippen molar-refractivity contribution >= 4 is 20.2 Å². The van der Waals surface area contributed by atoms with Crippen LogP contribution in [0, 0.1) is 0 Å². The van der Waals surface area contributed by atoms with Crippen molar-refractivity contribution in [3.63, 3.8) is 0 Å². The van der Waals surface area contributed by atoms with Crippen LogP contribution in [0.4, 0.5) is 0 Å². The van der Waals surface area contributed by atoms with Crippen LogP contribution in [-0.4, -0.2) is 8.07 Å². The summed E-state index contributed by atoms with van der Waals surface area (Å²) in [6, 6.07) is 18.3. The van der Waals surface area contributed by atoms with E-state index in [0.717, 1.165) is 7.35 Å². The van der Waals surface area contributed by atoms with Crippen molar-refractivity contribution in [1.29, 1.82) is 0 Å². The SMILES string of the molecule is C[Si]1(C)C2=Cc3ccccc3[CH]2[Sc+][CH]2C1=Cc1ccccc12.[Cl-]. The molecule has 112 valence electrons. The fraction of sp³-hybridized carbons (Fsp3) is 0.200. The van der Waals surface area contributed by atoms with E-state index in [9.17, 15) is 0 Å². The van der Waals surface area contributed by atoms with Crippen molar-refractivity contribution in [3.05, 3.63) is 81.2 Å². The van der Waals surface area contributed by atoms with Crippen LogP contribution in [0.5, 0.6) is 0 Å². The Labute approximate surface area is 156 Å². The average molecular weight is 367 g/mol. The van der Waals surface area contributed by atoms with Crippen LogP contribution < -0.4 is 12.4 Å². The van der Waals surface area contributed by atoms with Gasteiger partial charge in [0.25, 0.3) is 0 Å². The zero-order valence-electron chi connectivity index (χ0n) is 13.4. The second-order valence-corrected chi connectivity index (χ2v) is 14.3. The van der Waals surface area contributed by atoms with Crippen molar-refractivity contribution in [1.82, 2.24) is 0 Å². The first kappa shape index (κ1) is 15.8. The quantitative estimate of drug-likeness (QED) is 0.627. The first-order valence-electron chi connectivity index (χ1n) is 8.13. The molecule has 1 saturated heterocycles. The molecule has 23 heavy (non-hydrogen) atoms. The van der Waals surface area contributed by atoms with Crippen molar-refractivity contribution < 1.29 is 35.3 Å². The zero-order valence-corrected chi connectivity index (χ0v) is 16.9. The molecule has 1 aliphatic heterocycles. The Morgan fingerprint density at radius 2 is 1.17 bits per heavy atom. The van der Waals surface area contributed by atoms with Crippen molar-refractivity contribution in [2.45, 2.75) is 20.4 Å². The van der Waals surface area contributed by atoms with Gasteiger partial charge in [-0.15, -0.1) is 0 Å². The van der Waals surface area contributed by atoms with Gasteiger partial charge in [0.15, 0.2) is 0 Å². The Hall–Kier alpha value is -0.703. The minimum Gasteiger partial charge on any atom is -1.00 e. The third kappa shape index (κ3) is 2.11. The molecule has 0 bridgehead atoms. The number of allylic oxidation sites excluding steroid dienone is 2. The number of fused-ring (bicyclic) bond motifs is 6. The number of hydrogen-bond acceptors (Lipinski definition) is 0. The van der Waals surface area contributed by atoms with E-state index in [1.807, 2.05) is 10.4 Å². The van der Waals surface area contributed by atoms with E-state index in [0.29, 0.717) is 0 Å². The van der Waals surface area contributed by atoms with Gasteiger partial charge in [0.1, 0.15) is 0 Å². The Kier molecular flexibility index (Phi) is 3.71. The molecule has 3 aliphatic rings. The summed E-state index contributed by atoms with van der Waals surface area (Å²) in [7, 11) is -1.48. The molecule has 2 atom stereocenters. The Morgan fingerprint density at radius 3 is 1.65 bits per heavy atom. The summed E-state index contributed by atoms with van der Waals surface area (Å²) in [5.41, 5.74) is 6.30. The fourth-order valence-electron chi connectivity index (χ4n) is 4.61. The molecule has 2 aliphatic carbocycles. The largest absolute Gasteiger partial charge is 1.00 e. The fourth-order valence-corrected chi connectivity index (χ4v) is 15.7. The molecule has 2 aromatic rings. The minimum absolute atomic E-state index is 0. The maximum atomic E-state index is 2.58. The molecule has 0 saturated carbocycles. The van der Waals surface area contributed by atoms with Gasteiger partial charge in [0.2, 0.25) is 0 Å². The van der Waals surface area contributed by atoms with Crippen LogP contribution in [0.2, 0.25) is 13.1 Å². The Morgan fingerprint density at radius 1 is 0.739 bits per heavy atom.